The zero-order valence-corrected chi connectivity index (χ0v) is 10.2. The molecule has 0 aliphatic carbocycles. The monoisotopic (exact) mass is 277 g/mol. The average Bonchev–Trinajstić information content (AvgIpc) is 2.23. The SMILES string of the molecule is CCC(N)CCc1c(F)ccc(Br)c1F. The van der Waals surface area contributed by atoms with Crippen LogP contribution >= 0.6 is 15.9 Å². The van der Waals surface area contributed by atoms with Gasteiger partial charge in [0.05, 0.1) is 4.47 Å². The maximum Gasteiger partial charge on any atom is 0.143 e. The first-order valence-electron chi connectivity index (χ1n) is 4.94. The van der Waals surface area contributed by atoms with Gasteiger partial charge in [-0.25, -0.2) is 8.78 Å². The molecule has 0 aliphatic rings. The highest BCUT2D eigenvalue weighted by atomic mass is 79.9. The Hall–Kier alpha value is -0.480. The van der Waals surface area contributed by atoms with E-state index < -0.39 is 11.6 Å². The fourth-order valence-corrected chi connectivity index (χ4v) is 1.70. The summed E-state index contributed by atoms with van der Waals surface area (Å²) in [5, 5.41) is 0. The number of hydrogen-bond acceptors (Lipinski definition) is 1. The Bertz CT molecular complexity index is 342. The minimum atomic E-state index is -0.515. The summed E-state index contributed by atoms with van der Waals surface area (Å²) in [4.78, 5) is 0. The molecule has 0 fully saturated rings. The van der Waals surface area contributed by atoms with Crippen molar-refractivity contribution in [2.75, 3.05) is 0 Å². The summed E-state index contributed by atoms with van der Waals surface area (Å²) in [6, 6.07) is 2.64. The van der Waals surface area contributed by atoms with Crippen LogP contribution in [-0.2, 0) is 6.42 Å². The number of nitrogens with two attached hydrogens (primary N) is 1. The van der Waals surface area contributed by atoms with Crippen molar-refractivity contribution in [3.05, 3.63) is 33.8 Å². The van der Waals surface area contributed by atoms with E-state index >= 15 is 0 Å². The van der Waals surface area contributed by atoms with Crippen molar-refractivity contribution in [2.45, 2.75) is 32.2 Å². The molecular formula is C11H14BrF2N. The molecule has 84 valence electrons. The van der Waals surface area contributed by atoms with Crippen molar-refractivity contribution < 1.29 is 8.78 Å². The number of hydrogen-bond donors (Lipinski definition) is 1. The van der Waals surface area contributed by atoms with Crippen LogP contribution in [0.2, 0.25) is 0 Å². The molecular weight excluding hydrogens is 264 g/mol. The van der Waals surface area contributed by atoms with Crippen LogP contribution in [0, 0.1) is 11.6 Å². The van der Waals surface area contributed by atoms with Gasteiger partial charge in [0.15, 0.2) is 0 Å². The zero-order valence-electron chi connectivity index (χ0n) is 8.56. The smallest absolute Gasteiger partial charge is 0.143 e. The van der Waals surface area contributed by atoms with Gasteiger partial charge in [0.2, 0.25) is 0 Å². The van der Waals surface area contributed by atoms with E-state index in [4.69, 9.17) is 5.73 Å². The summed E-state index contributed by atoms with van der Waals surface area (Å²) in [5.74, 6) is -1.02. The quantitative estimate of drug-likeness (QED) is 0.839. The van der Waals surface area contributed by atoms with Crippen LogP contribution < -0.4 is 5.73 Å². The molecule has 0 saturated carbocycles. The number of benzene rings is 1. The van der Waals surface area contributed by atoms with E-state index in [1.807, 2.05) is 6.92 Å². The van der Waals surface area contributed by atoms with Gasteiger partial charge >= 0.3 is 0 Å². The van der Waals surface area contributed by atoms with Gasteiger partial charge in [-0.05, 0) is 47.3 Å². The minimum absolute atomic E-state index is 0.00258. The van der Waals surface area contributed by atoms with Gasteiger partial charge in [0, 0.05) is 11.6 Å². The molecule has 2 N–H and O–H groups in total. The van der Waals surface area contributed by atoms with E-state index in [2.05, 4.69) is 15.9 Å². The lowest BCUT2D eigenvalue weighted by atomic mass is 10.0. The summed E-state index contributed by atoms with van der Waals surface area (Å²) in [7, 11) is 0. The predicted molar refractivity (Wildman–Crippen MR) is 60.6 cm³/mol. The fourth-order valence-electron chi connectivity index (χ4n) is 1.33. The van der Waals surface area contributed by atoms with Crippen LogP contribution in [0.15, 0.2) is 16.6 Å². The van der Waals surface area contributed by atoms with Gasteiger partial charge in [0.25, 0.3) is 0 Å². The van der Waals surface area contributed by atoms with Crippen LogP contribution in [0.1, 0.15) is 25.3 Å². The summed E-state index contributed by atoms with van der Waals surface area (Å²) in [6.45, 7) is 1.96. The Morgan fingerprint density at radius 2 is 2.07 bits per heavy atom. The highest BCUT2D eigenvalue weighted by Crippen LogP contribution is 2.23. The van der Waals surface area contributed by atoms with Crippen LogP contribution in [0.4, 0.5) is 8.78 Å². The fraction of sp³-hybridized carbons (Fsp3) is 0.455. The van der Waals surface area contributed by atoms with Crippen LogP contribution in [0.3, 0.4) is 0 Å². The molecule has 1 aromatic carbocycles. The van der Waals surface area contributed by atoms with Crippen molar-refractivity contribution in [3.63, 3.8) is 0 Å². The van der Waals surface area contributed by atoms with Crippen molar-refractivity contribution in [3.8, 4) is 0 Å². The summed E-state index contributed by atoms with van der Waals surface area (Å²) >= 11 is 3.03. The summed E-state index contributed by atoms with van der Waals surface area (Å²) < 4.78 is 27.1. The normalized spacial score (nSPS) is 12.9. The van der Waals surface area contributed by atoms with E-state index in [1.54, 1.807) is 0 Å². The van der Waals surface area contributed by atoms with E-state index in [-0.39, 0.29) is 11.6 Å². The highest BCUT2D eigenvalue weighted by Gasteiger charge is 2.12. The third-order valence-corrected chi connectivity index (χ3v) is 3.04. The molecule has 0 amide bonds. The van der Waals surface area contributed by atoms with E-state index in [1.165, 1.54) is 12.1 Å². The topological polar surface area (TPSA) is 26.0 Å². The van der Waals surface area contributed by atoms with Gasteiger partial charge in [-0.3, -0.25) is 0 Å². The molecule has 15 heavy (non-hydrogen) atoms. The molecule has 1 unspecified atom stereocenters. The lowest BCUT2D eigenvalue weighted by Crippen LogP contribution is -2.19. The summed E-state index contributed by atoms with van der Waals surface area (Å²) in [5.41, 5.74) is 5.82. The number of rotatable bonds is 4. The molecule has 0 saturated heterocycles. The Labute approximate surface area is 96.8 Å². The Kier molecular flexibility index (Phi) is 4.67. The van der Waals surface area contributed by atoms with Crippen molar-refractivity contribution in [1.29, 1.82) is 0 Å². The second-order valence-corrected chi connectivity index (χ2v) is 4.38. The summed E-state index contributed by atoms with van der Waals surface area (Å²) in [6.07, 6.45) is 1.75. The highest BCUT2D eigenvalue weighted by molar-refractivity contribution is 9.10. The molecule has 0 aromatic heterocycles. The van der Waals surface area contributed by atoms with Gasteiger partial charge in [-0.2, -0.15) is 0 Å². The molecule has 4 heteroatoms. The predicted octanol–water partition coefficient (Wildman–Crippen LogP) is 3.40. The van der Waals surface area contributed by atoms with E-state index in [0.29, 0.717) is 17.3 Å². The average molecular weight is 278 g/mol. The third kappa shape index (κ3) is 3.24. The van der Waals surface area contributed by atoms with Crippen molar-refractivity contribution >= 4 is 15.9 Å². The van der Waals surface area contributed by atoms with Crippen LogP contribution in [0.25, 0.3) is 0 Å². The molecule has 1 atom stereocenters. The molecule has 1 aromatic rings. The second-order valence-electron chi connectivity index (χ2n) is 3.53. The lowest BCUT2D eigenvalue weighted by molar-refractivity contribution is 0.525. The first-order valence-corrected chi connectivity index (χ1v) is 5.73. The molecule has 0 radical (unpaired) electrons. The lowest BCUT2D eigenvalue weighted by Gasteiger charge is -2.10. The maximum absolute atomic E-state index is 13.5. The van der Waals surface area contributed by atoms with Gasteiger partial charge in [0.1, 0.15) is 11.6 Å². The molecule has 0 bridgehead atoms. The van der Waals surface area contributed by atoms with Crippen LogP contribution in [-0.4, -0.2) is 6.04 Å². The molecule has 0 heterocycles. The van der Waals surface area contributed by atoms with E-state index in [0.717, 1.165) is 6.42 Å². The van der Waals surface area contributed by atoms with Gasteiger partial charge in [-0.15, -0.1) is 0 Å². The van der Waals surface area contributed by atoms with Gasteiger partial charge < -0.3 is 5.73 Å². The van der Waals surface area contributed by atoms with Crippen molar-refractivity contribution in [2.24, 2.45) is 5.73 Å². The maximum atomic E-state index is 13.5. The minimum Gasteiger partial charge on any atom is -0.328 e. The molecule has 1 rings (SSSR count). The van der Waals surface area contributed by atoms with Crippen LogP contribution in [0.5, 0.6) is 0 Å². The van der Waals surface area contributed by atoms with Gasteiger partial charge in [-0.1, -0.05) is 6.92 Å². The second kappa shape index (κ2) is 5.56. The molecule has 1 nitrogen and oxygen atoms in total. The standard InChI is InChI=1S/C11H14BrF2N/c1-2-7(15)3-4-8-10(13)6-5-9(12)11(8)14/h5-7H,2-4,15H2,1H3. The number of halogens is 3. The molecule has 0 spiro atoms. The Morgan fingerprint density at radius 1 is 1.40 bits per heavy atom. The Balaban J connectivity index is 2.80. The van der Waals surface area contributed by atoms with E-state index in [9.17, 15) is 8.78 Å². The largest absolute Gasteiger partial charge is 0.328 e. The van der Waals surface area contributed by atoms with Crippen molar-refractivity contribution in [1.82, 2.24) is 0 Å². The molecule has 0 aliphatic heterocycles. The first kappa shape index (κ1) is 12.6. The Morgan fingerprint density at radius 3 is 2.67 bits per heavy atom. The first-order chi connectivity index (χ1) is 7.06. The third-order valence-electron chi connectivity index (χ3n) is 2.43. The zero-order chi connectivity index (χ0) is 11.4.